The number of methoxy groups -OCH3 is 1. The van der Waals surface area contributed by atoms with E-state index in [1.165, 1.54) is 7.11 Å². The van der Waals surface area contributed by atoms with Gasteiger partial charge in [-0.2, -0.15) is 0 Å². The summed E-state index contributed by atoms with van der Waals surface area (Å²) in [5, 5.41) is 0. The van der Waals surface area contributed by atoms with Crippen LogP contribution in [0.3, 0.4) is 0 Å². The maximum Gasteiger partial charge on any atom is 0.313 e. The Labute approximate surface area is 192 Å². The third-order valence-electron chi connectivity index (χ3n) is 4.52. The van der Waals surface area contributed by atoms with Crippen molar-refractivity contribution in [2.75, 3.05) is 26.9 Å². The molecule has 2 aromatic carbocycles. The number of hydrogen-bond donors (Lipinski definition) is 0. The molecule has 0 aliphatic rings. The van der Waals surface area contributed by atoms with Gasteiger partial charge in [-0.25, -0.2) is 0 Å². The van der Waals surface area contributed by atoms with Crippen molar-refractivity contribution in [2.24, 2.45) is 0 Å². The highest BCUT2D eigenvalue weighted by Gasteiger charge is 2.12. The molecule has 8 nitrogen and oxygen atoms in total. The summed E-state index contributed by atoms with van der Waals surface area (Å²) in [5.74, 6) is -1.84. The van der Waals surface area contributed by atoms with Crippen molar-refractivity contribution in [2.45, 2.75) is 33.0 Å². The first-order chi connectivity index (χ1) is 15.9. The Hall–Kier alpha value is -3.36. The van der Waals surface area contributed by atoms with Crippen LogP contribution in [0, 0.1) is 0 Å². The molecule has 0 aromatic heterocycles. The summed E-state index contributed by atoms with van der Waals surface area (Å²) in [5.41, 5.74) is 3.60. The number of ketones is 2. The molecule has 2 aromatic rings. The first-order valence-electron chi connectivity index (χ1n) is 10.5. The Morgan fingerprint density at radius 2 is 1.45 bits per heavy atom. The van der Waals surface area contributed by atoms with E-state index in [1.807, 2.05) is 48.5 Å². The van der Waals surface area contributed by atoms with Gasteiger partial charge in [0.1, 0.15) is 26.1 Å². The van der Waals surface area contributed by atoms with Crippen molar-refractivity contribution in [1.82, 2.24) is 0 Å². The van der Waals surface area contributed by atoms with Crippen LogP contribution in [0.2, 0.25) is 0 Å². The zero-order chi connectivity index (χ0) is 24.1. The zero-order valence-corrected chi connectivity index (χ0v) is 18.8. The molecule has 0 radical (unpaired) electrons. The number of ether oxygens (including phenoxy) is 4. The highest BCUT2D eigenvalue weighted by Crippen LogP contribution is 2.25. The van der Waals surface area contributed by atoms with Crippen LogP contribution >= 0.6 is 0 Å². The van der Waals surface area contributed by atoms with E-state index >= 15 is 0 Å². The molecule has 0 heterocycles. The molecule has 176 valence electrons. The molecule has 0 saturated heterocycles. The summed E-state index contributed by atoms with van der Waals surface area (Å²) in [6.45, 7) is 1.97. The van der Waals surface area contributed by atoms with E-state index in [4.69, 9.17) is 14.2 Å². The molecule has 0 spiro atoms. The minimum Gasteiger partial charge on any atom is -0.469 e. The van der Waals surface area contributed by atoms with Gasteiger partial charge in [0.2, 0.25) is 0 Å². The van der Waals surface area contributed by atoms with Gasteiger partial charge in [-0.15, -0.1) is 0 Å². The molecule has 0 aliphatic heterocycles. The van der Waals surface area contributed by atoms with Gasteiger partial charge in [-0.1, -0.05) is 42.5 Å². The number of carbonyl (C=O) groups excluding carboxylic acids is 4. The second kappa shape index (κ2) is 13.9. The van der Waals surface area contributed by atoms with Crippen LogP contribution in [0.4, 0.5) is 0 Å². The molecule has 0 atom stereocenters. The van der Waals surface area contributed by atoms with E-state index in [0.29, 0.717) is 0 Å². The first-order valence-corrected chi connectivity index (χ1v) is 10.5. The quantitative estimate of drug-likeness (QED) is 0.316. The lowest BCUT2D eigenvalue weighted by Crippen LogP contribution is -2.15. The fourth-order valence-corrected chi connectivity index (χ4v) is 3.02. The number of esters is 2. The summed E-state index contributed by atoms with van der Waals surface area (Å²) < 4.78 is 20.2. The van der Waals surface area contributed by atoms with E-state index in [1.54, 1.807) is 6.92 Å². The lowest BCUT2D eigenvalue weighted by atomic mass is 9.98. The molecule has 0 bridgehead atoms. The van der Waals surface area contributed by atoms with Crippen LogP contribution in [-0.4, -0.2) is 50.4 Å². The third kappa shape index (κ3) is 9.34. The summed E-state index contributed by atoms with van der Waals surface area (Å²) in [6, 6.07) is 15.3. The van der Waals surface area contributed by atoms with Gasteiger partial charge in [0, 0.05) is 0 Å². The van der Waals surface area contributed by atoms with Crippen molar-refractivity contribution in [3.8, 4) is 11.1 Å². The van der Waals surface area contributed by atoms with Crippen molar-refractivity contribution >= 4 is 23.5 Å². The number of carbonyl (C=O) groups is 4. The average Bonchev–Trinajstić information content (AvgIpc) is 2.79. The molecule has 0 amide bonds. The molecule has 0 aliphatic carbocycles. The smallest absolute Gasteiger partial charge is 0.313 e. The van der Waals surface area contributed by atoms with Crippen molar-refractivity contribution in [3.63, 3.8) is 0 Å². The highest BCUT2D eigenvalue weighted by atomic mass is 16.5. The zero-order valence-electron chi connectivity index (χ0n) is 18.8. The summed E-state index contributed by atoms with van der Waals surface area (Å²) in [7, 11) is 1.23. The van der Waals surface area contributed by atoms with Gasteiger partial charge in [0.25, 0.3) is 0 Å². The maximum atomic E-state index is 11.8. The molecule has 8 heteroatoms. The minimum atomic E-state index is -0.592. The van der Waals surface area contributed by atoms with E-state index in [-0.39, 0.29) is 57.4 Å². The molecule has 0 unspecified atom stereocenters. The second-order valence-corrected chi connectivity index (χ2v) is 7.16. The predicted molar refractivity (Wildman–Crippen MR) is 119 cm³/mol. The van der Waals surface area contributed by atoms with Crippen molar-refractivity contribution in [1.29, 1.82) is 0 Å². The number of rotatable bonds is 14. The fourth-order valence-electron chi connectivity index (χ4n) is 3.02. The largest absolute Gasteiger partial charge is 0.469 e. The van der Waals surface area contributed by atoms with E-state index in [9.17, 15) is 19.2 Å². The molecule has 2 rings (SSSR count). The van der Waals surface area contributed by atoms with E-state index < -0.39 is 11.9 Å². The molecular formula is C25H28O8. The maximum absolute atomic E-state index is 11.8. The standard InChI is InChI=1S/C25H28O8/c1-3-33-25(29)13-22(27)16-31-14-18-7-6-9-19(11-18)23-10-5-4-8-20(23)15-32-17-21(26)12-24(28)30-2/h4-11H,3,12-17H2,1-2H3. The van der Waals surface area contributed by atoms with E-state index in [2.05, 4.69) is 4.74 Å². The lowest BCUT2D eigenvalue weighted by Gasteiger charge is -2.12. The Balaban J connectivity index is 1.94. The second-order valence-electron chi connectivity index (χ2n) is 7.16. The SMILES string of the molecule is CCOC(=O)CC(=O)COCc1cccc(-c2ccccc2COCC(=O)CC(=O)OC)c1. The van der Waals surface area contributed by atoms with E-state index in [0.717, 1.165) is 22.3 Å². The minimum absolute atomic E-state index is 0.174. The number of Topliss-reactive ketones (excluding diaryl/α,β-unsaturated/α-hetero) is 2. The molecule has 0 N–H and O–H groups in total. The number of hydrogen-bond acceptors (Lipinski definition) is 8. The monoisotopic (exact) mass is 456 g/mol. The molecule has 0 fully saturated rings. The van der Waals surface area contributed by atoms with Gasteiger partial charge < -0.3 is 18.9 Å². The lowest BCUT2D eigenvalue weighted by molar-refractivity contribution is -0.147. The Morgan fingerprint density at radius 1 is 0.788 bits per heavy atom. The van der Waals surface area contributed by atoms with Crippen LogP contribution in [0.15, 0.2) is 48.5 Å². The van der Waals surface area contributed by atoms with Gasteiger partial charge in [0.05, 0.1) is 26.9 Å². The van der Waals surface area contributed by atoms with Crippen LogP contribution in [0.5, 0.6) is 0 Å². The van der Waals surface area contributed by atoms with Crippen LogP contribution in [-0.2, 0) is 51.3 Å². The van der Waals surface area contributed by atoms with Crippen molar-refractivity contribution in [3.05, 3.63) is 59.7 Å². The highest BCUT2D eigenvalue weighted by molar-refractivity contribution is 5.96. The normalized spacial score (nSPS) is 10.5. The topological polar surface area (TPSA) is 105 Å². The summed E-state index contributed by atoms with van der Waals surface area (Å²) in [4.78, 5) is 46.0. The molecular weight excluding hydrogens is 428 g/mol. The first kappa shape index (κ1) is 25.9. The fraction of sp³-hybridized carbons (Fsp3) is 0.360. The molecule has 33 heavy (non-hydrogen) atoms. The van der Waals surface area contributed by atoms with Gasteiger partial charge in [0.15, 0.2) is 11.6 Å². The van der Waals surface area contributed by atoms with Crippen LogP contribution in [0.1, 0.15) is 30.9 Å². The van der Waals surface area contributed by atoms with Gasteiger partial charge in [-0.3, -0.25) is 19.2 Å². The Morgan fingerprint density at radius 3 is 2.15 bits per heavy atom. The summed E-state index contributed by atoms with van der Waals surface area (Å²) >= 11 is 0. The molecule has 0 saturated carbocycles. The Bertz CT molecular complexity index is 966. The summed E-state index contributed by atoms with van der Waals surface area (Å²) in [6.07, 6.45) is -0.619. The number of benzene rings is 2. The van der Waals surface area contributed by atoms with Gasteiger partial charge in [-0.05, 0) is 35.2 Å². The van der Waals surface area contributed by atoms with Crippen LogP contribution in [0.25, 0.3) is 11.1 Å². The Kier molecular flexibility index (Phi) is 10.9. The van der Waals surface area contributed by atoms with Crippen molar-refractivity contribution < 1.29 is 38.1 Å². The van der Waals surface area contributed by atoms with Gasteiger partial charge >= 0.3 is 11.9 Å². The third-order valence-corrected chi connectivity index (χ3v) is 4.52. The average molecular weight is 456 g/mol. The predicted octanol–water partition coefficient (Wildman–Crippen LogP) is 3.04. The van der Waals surface area contributed by atoms with Crippen LogP contribution < -0.4 is 0 Å².